The maximum absolute atomic E-state index is 11.9. The number of nitrogens with two attached hydrogens (primary N) is 1. The van der Waals surface area contributed by atoms with Gasteiger partial charge in [0.25, 0.3) is 0 Å². The number of carbonyl (C=O) groups excluding carboxylic acids is 1. The number of pyridine rings is 1. The minimum atomic E-state index is -0.350. The van der Waals surface area contributed by atoms with Crippen LogP contribution in [0.3, 0.4) is 0 Å². The average molecular weight is 313 g/mol. The second-order valence-electron chi connectivity index (χ2n) is 4.89. The van der Waals surface area contributed by atoms with Gasteiger partial charge in [-0.25, -0.2) is 4.98 Å². The van der Waals surface area contributed by atoms with Gasteiger partial charge in [-0.15, -0.1) is 0 Å². The second-order valence-corrected chi connectivity index (χ2v) is 5.74. The van der Waals surface area contributed by atoms with Crippen LogP contribution in [-0.4, -0.2) is 31.0 Å². The molecule has 1 aromatic rings. The van der Waals surface area contributed by atoms with Gasteiger partial charge in [-0.2, -0.15) is 0 Å². The number of carbonyl (C=O) groups is 1. The van der Waals surface area contributed by atoms with E-state index in [4.69, 9.17) is 5.73 Å². The van der Waals surface area contributed by atoms with Gasteiger partial charge in [-0.05, 0) is 35.3 Å². The monoisotopic (exact) mass is 312 g/mol. The van der Waals surface area contributed by atoms with Crippen molar-refractivity contribution in [1.29, 1.82) is 0 Å². The normalized spacial score (nSPS) is 23.2. The SMILES string of the molecule is CNC(=O)C1(C)CCN(c2ncc(N)cc2Br)C1. The van der Waals surface area contributed by atoms with E-state index in [1.165, 1.54) is 0 Å². The summed E-state index contributed by atoms with van der Waals surface area (Å²) in [6.45, 7) is 3.47. The molecule has 1 aliphatic rings. The molecule has 5 nitrogen and oxygen atoms in total. The van der Waals surface area contributed by atoms with E-state index in [1.807, 2.05) is 13.0 Å². The lowest BCUT2D eigenvalue weighted by atomic mass is 9.89. The first-order chi connectivity index (χ1) is 8.46. The van der Waals surface area contributed by atoms with Crippen LogP contribution in [0.4, 0.5) is 11.5 Å². The summed E-state index contributed by atoms with van der Waals surface area (Å²) in [5, 5.41) is 2.73. The fraction of sp³-hybridized carbons (Fsp3) is 0.500. The number of hydrogen-bond acceptors (Lipinski definition) is 4. The first kappa shape index (κ1) is 13.1. The van der Waals surface area contributed by atoms with E-state index in [0.29, 0.717) is 12.2 Å². The molecule has 3 N–H and O–H groups in total. The lowest BCUT2D eigenvalue weighted by molar-refractivity contribution is -0.128. The van der Waals surface area contributed by atoms with Crippen molar-refractivity contribution in [1.82, 2.24) is 10.3 Å². The highest BCUT2D eigenvalue weighted by Gasteiger charge is 2.40. The van der Waals surface area contributed by atoms with E-state index in [-0.39, 0.29) is 11.3 Å². The van der Waals surface area contributed by atoms with Gasteiger partial charge in [0.2, 0.25) is 5.91 Å². The lowest BCUT2D eigenvalue weighted by Crippen LogP contribution is -2.39. The molecule has 1 amide bonds. The van der Waals surface area contributed by atoms with Crippen LogP contribution in [0.2, 0.25) is 0 Å². The molecule has 0 aliphatic carbocycles. The molecule has 0 bridgehead atoms. The van der Waals surface area contributed by atoms with Crippen LogP contribution in [0.15, 0.2) is 16.7 Å². The first-order valence-corrected chi connectivity index (χ1v) is 6.64. The Balaban J connectivity index is 2.20. The topological polar surface area (TPSA) is 71.2 Å². The fourth-order valence-electron chi connectivity index (χ4n) is 2.31. The third kappa shape index (κ3) is 2.29. The molecule has 0 radical (unpaired) electrons. The van der Waals surface area contributed by atoms with E-state index < -0.39 is 0 Å². The van der Waals surface area contributed by atoms with Crippen molar-refractivity contribution in [3.05, 3.63) is 16.7 Å². The van der Waals surface area contributed by atoms with Gasteiger partial charge in [0.15, 0.2) is 0 Å². The zero-order valence-corrected chi connectivity index (χ0v) is 12.1. The third-order valence-electron chi connectivity index (χ3n) is 3.39. The molecule has 1 fully saturated rings. The van der Waals surface area contributed by atoms with Crippen molar-refractivity contribution < 1.29 is 4.79 Å². The van der Waals surface area contributed by atoms with E-state index in [1.54, 1.807) is 13.2 Å². The van der Waals surface area contributed by atoms with Crippen LogP contribution in [0.25, 0.3) is 0 Å². The molecule has 18 heavy (non-hydrogen) atoms. The Kier molecular flexibility index (Phi) is 3.47. The Morgan fingerprint density at radius 1 is 1.67 bits per heavy atom. The van der Waals surface area contributed by atoms with E-state index in [2.05, 4.69) is 31.1 Å². The molecular formula is C12H17BrN4O. The molecule has 6 heteroatoms. The third-order valence-corrected chi connectivity index (χ3v) is 3.97. The molecule has 98 valence electrons. The molecule has 2 rings (SSSR count). The van der Waals surface area contributed by atoms with Crippen molar-refractivity contribution >= 4 is 33.3 Å². The summed E-state index contributed by atoms with van der Waals surface area (Å²) < 4.78 is 0.864. The highest BCUT2D eigenvalue weighted by Crippen LogP contribution is 2.35. The summed E-state index contributed by atoms with van der Waals surface area (Å²) in [6, 6.07) is 1.83. The number of nitrogens with zero attached hydrogens (tertiary/aromatic N) is 2. The largest absolute Gasteiger partial charge is 0.397 e. The van der Waals surface area contributed by atoms with Gasteiger partial charge in [-0.3, -0.25) is 4.79 Å². The number of nitrogen functional groups attached to an aromatic ring is 1. The zero-order valence-electron chi connectivity index (χ0n) is 10.5. The van der Waals surface area contributed by atoms with Crippen molar-refractivity contribution in [2.45, 2.75) is 13.3 Å². The number of anilines is 2. The Bertz CT molecular complexity index is 479. The maximum Gasteiger partial charge on any atom is 0.227 e. The number of hydrogen-bond donors (Lipinski definition) is 2. The predicted octanol–water partition coefficient (Wildman–Crippen LogP) is 1.39. The van der Waals surface area contributed by atoms with Gasteiger partial charge < -0.3 is 16.0 Å². The number of amides is 1. The van der Waals surface area contributed by atoms with Gasteiger partial charge in [0.05, 0.1) is 21.8 Å². The van der Waals surface area contributed by atoms with Gasteiger partial charge in [-0.1, -0.05) is 0 Å². The standard InChI is InChI=1S/C12H17BrN4O/c1-12(11(18)15-2)3-4-17(7-12)10-9(13)5-8(14)6-16-10/h5-6H,3-4,7,14H2,1-2H3,(H,15,18). The smallest absolute Gasteiger partial charge is 0.227 e. The summed E-state index contributed by atoms with van der Waals surface area (Å²) in [5.74, 6) is 0.924. The summed E-state index contributed by atoms with van der Waals surface area (Å²) >= 11 is 3.46. The second kappa shape index (κ2) is 4.76. The number of halogens is 1. The predicted molar refractivity (Wildman–Crippen MR) is 75.4 cm³/mol. The quantitative estimate of drug-likeness (QED) is 0.865. The van der Waals surface area contributed by atoms with E-state index in [9.17, 15) is 4.79 Å². The molecule has 0 saturated carbocycles. The van der Waals surface area contributed by atoms with Crippen LogP contribution in [0.1, 0.15) is 13.3 Å². The van der Waals surface area contributed by atoms with Gasteiger partial charge in [0.1, 0.15) is 5.82 Å². The molecule has 1 saturated heterocycles. The summed E-state index contributed by atoms with van der Waals surface area (Å²) in [6.07, 6.45) is 2.46. The van der Waals surface area contributed by atoms with Crippen LogP contribution in [-0.2, 0) is 4.79 Å². The van der Waals surface area contributed by atoms with Crippen molar-refractivity contribution in [3.63, 3.8) is 0 Å². The van der Waals surface area contributed by atoms with Gasteiger partial charge >= 0.3 is 0 Å². The number of aromatic nitrogens is 1. The minimum absolute atomic E-state index is 0.0802. The van der Waals surface area contributed by atoms with Crippen molar-refractivity contribution in [2.75, 3.05) is 30.8 Å². The molecule has 0 spiro atoms. The summed E-state index contributed by atoms with van der Waals surface area (Å²) in [7, 11) is 1.67. The molecule has 1 aromatic heterocycles. The Labute approximate surface area is 115 Å². The summed E-state index contributed by atoms with van der Waals surface area (Å²) in [4.78, 5) is 18.3. The van der Waals surface area contributed by atoms with E-state index in [0.717, 1.165) is 23.3 Å². The molecule has 1 unspecified atom stereocenters. The molecular weight excluding hydrogens is 296 g/mol. The molecule has 1 atom stereocenters. The Morgan fingerprint density at radius 2 is 2.39 bits per heavy atom. The maximum atomic E-state index is 11.9. The van der Waals surface area contributed by atoms with Crippen LogP contribution in [0, 0.1) is 5.41 Å². The number of nitrogens with one attached hydrogen (secondary N) is 1. The molecule has 0 aromatic carbocycles. The van der Waals surface area contributed by atoms with Crippen LogP contribution >= 0.6 is 15.9 Å². The lowest BCUT2D eigenvalue weighted by Gasteiger charge is -2.23. The number of rotatable bonds is 2. The highest BCUT2D eigenvalue weighted by molar-refractivity contribution is 9.10. The zero-order chi connectivity index (χ0) is 13.3. The van der Waals surface area contributed by atoms with E-state index >= 15 is 0 Å². The van der Waals surface area contributed by atoms with Crippen molar-refractivity contribution in [3.8, 4) is 0 Å². The fourth-order valence-corrected chi connectivity index (χ4v) is 2.92. The average Bonchev–Trinajstić information content (AvgIpc) is 2.72. The minimum Gasteiger partial charge on any atom is -0.397 e. The van der Waals surface area contributed by atoms with Crippen LogP contribution < -0.4 is 16.0 Å². The first-order valence-electron chi connectivity index (χ1n) is 5.84. The Hall–Kier alpha value is -1.30. The van der Waals surface area contributed by atoms with Gasteiger partial charge in [0, 0.05) is 20.1 Å². The Morgan fingerprint density at radius 3 is 3.00 bits per heavy atom. The summed E-state index contributed by atoms with van der Waals surface area (Å²) in [5.41, 5.74) is 5.95. The van der Waals surface area contributed by atoms with Crippen LogP contribution in [0.5, 0.6) is 0 Å². The highest BCUT2D eigenvalue weighted by atomic mass is 79.9. The molecule has 1 aliphatic heterocycles. The van der Waals surface area contributed by atoms with Crippen molar-refractivity contribution in [2.24, 2.45) is 5.41 Å². The molecule has 2 heterocycles.